The number of anilines is 2. The van der Waals surface area contributed by atoms with Gasteiger partial charge in [-0.2, -0.15) is 10.5 Å². The Morgan fingerprint density at radius 1 is 0.607 bits per heavy atom. The monoisotopic (exact) mass is 364 g/mol. The van der Waals surface area contributed by atoms with Crippen molar-refractivity contribution in [1.29, 1.82) is 10.5 Å². The van der Waals surface area contributed by atoms with Crippen molar-refractivity contribution in [3.05, 3.63) is 82.2 Å². The second-order valence-electron chi connectivity index (χ2n) is 5.90. The Hall–Kier alpha value is -4.42. The minimum atomic E-state index is 0.263. The lowest BCUT2D eigenvalue weighted by Crippen LogP contribution is -2.04. The summed E-state index contributed by atoms with van der Waals surface area (Å²) in [5.41, 5.74) is 16.0. The lowest BCUT2D eigenvalue weighted by atomic mass is 10.1. The van der Waals surface area contributed by atoms with Gasteiger partial charge < -0.3 is 11.5 Å². The molecule has 2 aromatic carbocycles. The van der Waals surface area contributed by atoms with E-state index in [0.29, 0.717) is 22.5 Å². The first-order valence-corrected chi connectivity index (χ1v) is 8.38. The van der Waals surface area contributed by atoms with Crippen molar-refractivity contribution < 1.29 is 0 Å². The number of nitrogens with zero attached hydrogens (tertiary/aromatic N) is 4. The van der Waals surface area contributed by atoms with Gasteiger partial charge in [0.2, 0.25) is 0 Å². The smallest absolute Gasteiger partial charge is 0.150 e. The summed E-state index contributed by atoms with van der Waals surface area (Å²) in [5, 5.41) is 17.7. The summed E-state index contributed by atoms with van der Waals surface area (Å²) in [6, 6.07) is 18.4. The number of hydrogen-bond acceptors (Lipinski definition) is 6. The van der Waals surface area contributed by atoms with Gasteiger partial charge in [-0.25, -0.2) is 9.97 Å². The summed E-state index contributed by atoms with van der Waals surface area (Å²) in [5.74, 6) is 0.525. The molecule has 6 nitrogen and oxygen atoms in total. The van der Waals surface area contributed by atoms with Crippen molar-refractivity contribution in [2.75, 3.05) is 11.5 Å². The number of nitrogens with two attached hydrogens (primary N) is 2. The van der Waals surface area contributed by atoms with E-state index in [1.54, 1.807) is 36.4 Å². The Bertz CT molecular complexity index is 1030. The van der Waals surface area contributed by atoms with Crippen LogP contribution in [0.5, 0.6) is 0 Å². The summed E-state index contributed by atoms with van der Waals surface area (Å²) in [4.78, 5) is 8.64. The van der Waals surface area contributed by atoms with Gasteiger partial charge in [-0.3, -0.25) is 0 Å². The molecule has 0 aliphatic rings. The highest BCUT2D eigenvalue weighted by molar-refractivity contribution is 5.77. The predicted octanol–water partition coefficient (Wildman–Crippen LogP) is 3.73. The van der Waals surface area contributed by atoms with Crippen LogP contribution in [0.1, 0.15) is 33.6 Å². The highest BCUT2D eigenvalue weighted by Gasteiger charge is 2.05. The molecule has 4 N–H and O–H groups in total. The normalized spacial score (nSPS) is 10.8. The lowest BCUT2D eigenvalue weighted by Gasteiger charge is -2.04. The molecule has 28 heavy (non-hydrogen) atoms. The summed E-state index contributed by atoms with van der Waals surface area (Å²) < 4.78 is 0. The van der Waals surface area contributed by atoms with Crippen LogP contribution in [0.25, 0.3) is 24.3 Å². The molecule has 0 spiro atoms. The van der Waals surface area contributed by atoms with Crippen LogP contribution in [0, 0.1) is 22.7 Å². The first-order valence-electron chi connectivity index (χ1n) is 8.38. The molecule has 0 bridgehead atoms. The fourth-order valence-electron chi connectivity index (χ4n) is 2.42. The van der Waals surface area contributed by atoms with Gasteiger partial charge in [-0.05, 0) is 47.5 Å². The maximum atomic E-state index is 8.83. The van der Waals surface area contributed by atoms with Crippen molar-refractivity contribution in [3.63, 3.8) is 0 Å². The van der Waals surface area contributed by atoms with Crippen molar-refractivity contribution in [3.8, 4) is 12.1 Å². The van der Waals surface area contributed by atoms with E-state index < -0.39 is 0 Å². The molecule has 3 aromatic rings. The van der Waals surface area contributed by atoms with Gasteiger partial charge in [0.05, 0.1) is 23.3 Å². The first-order chi connectivity index (χ1) is 13.6. The minimum Gasteiger partial charge on any atom is -0.382 e. The molecule has 0 atom stereocenters. The van der Waals surface area contributed by atoms with Crippen LogP contribution in [0.3, 0.4) is 0 Å². The Labute approximate surface area is 162 Å². The number of nitriles is 2. The zero-order valence-electron chi connectivity index (χ0n) is 14.9. The Morgan fingerprint density at radius 3 is 1.29 bits per heavy atom. The number of hydrogen-bond donors (Lipinski definition) is 2. The molecular formula is C22H16N6. The van der Waals surface area contributed by atoms with Gasteiger partial charge in [0.15, 0.2) is 0 Å². The Kier molecular flexibility index (Phi) is 5.45. The predicted molar refractivity (Wildman–Crippen MR) is 111 cm³/mol. The van der Waals surface area contributed by atoms with Crippen LogP contribution in [0.2, 0.25) is 0 Å². The van der Waals surface area contributed by atoms with Crippen LogP contribution in [0.15, 0.2) is 48.5 Å². The molecule has 0 radical (unpaired) electrons. The van der Waals surface area contributed by atoms with E-state index in [1.165, 1.54) is 0 Å². The van der Waals surface area contributed by atoms with Gasteiger partial charge in [0.1, 0.15) is 23.0 Å². The van der Waals surface area contributed by atoms with E-state index >= 15 is 0 Å². The van der Waals surface area contributed by atoms with Gasteiger partial charge in [-0.1, -0.05) is 36.4 Å². The van der Waals surface area contributed by atoms with E-state index in [1.807, 2.05) is 36.4 Å². The third-order valence-electron chi connectivity index (χ3n) is 3.95. The average molecular weight is 364 g/mol. The minimum absolute atomic E-state index is 0.263. The average Bonchev–Trinajstić information content (AvgIpc) is 2.73. The summed E-state index contributed by atoms with van der Waals surface area (Å²) in [7, 11) is 0. The van der Waals surface area contributed by atoms with E-state index in [2.05, 4.69) is 22.1 Å². The van der Waals surface area contributed by atoms with Crippen molar-refractivity contribution in [2.45, 2.75) is 0 Å². The highest BCUT2D eigenvalue weighted by Crippen LogP contribution is 2.18. The SMILES string of the molecule is N#Cc1ccc(/C=C/c2nc(N)c(/C=C/c3ccc(C#N)cc3)nc2N)cc1. The van der Waals surface area contributed by atoms with Crippen molar-refractivity contribution in [2.24, 2.45) is 0 Å². The summed E-state index contributed by atoms with van der Waals surface area (Å²) in [6.07, 6.45) is 7.11. The van der Waals surface area contributed by atoms with Crippen LogP contribution < -0.4 is 11.5 Å². The largest absolute Gasteiger partial charge is 0.382 e. The second-order valence-corrected chi connectivity index (χ2v) is 5.90. The molecule has 0 unspecified atom stereocenters. The van der Waals surface area contributed by atoms with Gasteiger partial charge in [0.25, 0.3) is 0 Å². The standard InChI is InChI=1S/C22H16N6/c23-13-17-5-1-15(2-6-17)9-11-19-21(25)28-20(22(26)27-19)12-10-16-3-7-18(14-24)8-4-16/h1-12H,(H2,26,27)(H2,25,28)/b11-9+,12-10+. The lowest BCUT2D eigenvalue weighted by molar-refractivity contribution is 1.18. The van der Waals surface area contributed by atoms with Gasteiger partial charge >= 0.3 is 0 Å². The maximum Gasteiger partial charge on any atom is 0.150 e. The van der Waals surface area contributed by atoms with Crippen molar-refractivity contribution in [1.82, 2.24) is 9.97 Å². The fraction of sp³-hybridized carbons (Fsp3) is 0. The summed E-state index contributed by atoms with van der Waals surface area (Å²) in [6.45, 7) is 0. The number of nitrogen functional groups attached to an aromatic ring is 2. The van der Waals surface area contributed by atoms with E-state index in [-0.39, 0.29) is 11.6 Å². The topological polar surface area (TPSA) is 125 Å². The molecule has 1 aromatic heterocycles. The molecule has 134 valence electrons. The van der Waals surface area contributed by atoms with E-state index in [9.17, 15) is 0 Å². The van der Waals surface area contributed by atoms with Crippen LogP contribution in [-0.2, 0) is 0 Å². The zero-order valence-corrected chi connectivity index (χ0v) is 14.9. The number of rotatable bonds is 4. The molecular weight excluding hydrogens is 348 g/mol. The quantitative estimate of drug-likeness (QED) is 0.726. The molecule has 3 rings (SSSR count). The van der Waals surface area contributed by atoms with Crippen molar-refractivity contribution >= 4 is 35.9 Å². The highest BCUT2D eigenvalue weighted by atomic mass is 15.0. The molecule has 0 saturated carbocycles. The molecule has 6 heteroatoms. The molecule has 0 fully saturated rings. The molecule has 1 heterocycles. The number of benzene rings is 2. The molecule has 0 aliphatic heterocycles. The van der Waals surface area contributed by atoms with Gasteiger partial charge in [0, 0.05) is 0 Å². The first kappa shape index (κ1) is 18.4. The fourth-order valence-corrected chi connectivity index (χ4v) is 2.42. The molecule has 0 aliphatic carbocycles. The maximum absolute atomic E-state index is 8.83. The molecule has 0 amide bonds. The zero-order chi connectivity index (χ0) is 19.9. The Balaban J connectivity index is 1.79. The van der Waals surface area contributed by atoms with Crippen LogP contribution >= 0.6 is 0 Å². The summed E-state index contributed by atoms with van der Waals surface area (Å²) >= 11 is 0. The molecule has 0 saturated heterocycles. The Morgan fingerprint density at radius 2 is 0.964 bits per heavy atom. The number of aromatic nitrogens is 2. The van der Waals surface area contributed by atoms with Crippen LogP contribution in [0.4, 0.5) is 11.6 Å². The third-order valence-corrected chi connectivity index (χ3v) is 3.95. The van der Waals surface area contributed by atoms with Gasteiger partial charge in [-0.15, -0.1) is 0 Å². The third kappa shape index (κ3) is 4.40. The van der Waals surface area contributed by atoms with Crippen LogP contribution in [-0.4, -0.2) is 9.97 Å². The van der Waals surface area contributed by atoms with E-state index in [4.69, 9.17) is 22.0 Å². The van der Waals surface area contributed by atoms with E-state index in [0.717, 1.165) is 11.1 Å². The second kappa shape index (κ2) is 8.31.